The standard InChI is InChI=1S/C28H32Cl2N2O5/c1-18(33)36-23-6-4-5-21(15-23)27-11-12-32(3)17-28(27,37-19(2)34)10-9-22(16-27)31-26(35)14-20-7-8-24(29)25(30)13-20/h4-8,13,15,22H,9-12,14,16-17H2,1-3H3,(H,31,35). The Morgan fingerprint density at radius 2 is 1.84 bits per heavy atom. The van der Waals surface area contributed by atoms with Gasteiger partial charge in [0.15, 0.2) is 0 Å². The Bertz CT molecular complexity index is 1200. The summed E-state index contributed by atoms with van der Waals surface area (Å²) in [6, 6.07) is 12.5. The number of likely N-dealkylation sites (tertiary alicyclic amines) is 1. The second kappa shape index (κ2) is 11.0. The maximum atomic E-state index is 13.0. The van der Waals surface area contributed by atoms with Gasteiger partial charge in [0.1, 0.15) is 11.4 Å². The highest BCUT2D eigenvalue weighted by atomic mass is 35.5. The van der Waals surface area contributed by atoms with Crippen molar-refractivity contribution in [2.75, 3.05) is 20.1 Å². The van der Waals surface area contributed by atoms with Crippen molar-refractivity contribution < 1.29 is 23.9 Å². The smallest absolute Gasteiger partial charge is 0.308 e. The van der Waals surface area contributed by atoms with Crippen LogP contribution in [-0.2, 0) is 31.0 Å². The summed E-state index contributed by atoms with van der Waals surface area (Å²) in [5, 5.41) is 4.06. The summed E-state index contributed by atoms with van der Waals surface area (Å²) in [7, 11) is 2.02. The molecule has 2 aromatic rings. The van der Waals surface area contributed by atoms with Crippen molar-refractivity contribution in [2.24, 2.45) is 0 Å². The number of esters is 2. The first-order valence-electron chi connectivity index (χ1n) is 12.4. The van der Waals surface area contributed by atoms with Crippen LogP contribution in [0.1, 0.15) is 50.7 Å². The molecule has 2 fully saturated rings. The quantitative estimate of drug-likeness (QED) is 0.417. The van der Waals surface area contributed by atoms with Crippen LogP contribution in [0.2, 0.25) is 10.0 Å². The van der Waals surface area contributed by atoms with E-state index in [1.165, 1.54) is 13.8 Å². The lowest BCUT2D eigenvalue weighted by molar-refractivity contribution is -0.185. The number of rotatable bonds is 6. The molecule has 0 bridgehead atoms. The highest BCUT2D eigenvalue weighted by Crippen LogP contribution is 2.54. The van der Waals surface area contributed by atoms with Gasteiger partial charge in [0.05, 0.1) is 16.5 Å². The normalized spacial score (nSPS) is 25.6. The molecule has 1 saturated heterocycles. The maximum absolute atomic E-state index is 13.0. The lowest BCUT2D eigenvalue weighted by Gasteiger charge is -2.59. The van der Waals surface area contributed by atoms with Crippen molar-refractivity contribution in [2.45, 2.75) is 63.0 Å². The van der Waals surface area contributed by atoms with Crippen molar-refractivity contribution in [1.29, 1.82) is 0 Å². The van der Waals surface area contributed by atoms with E-state index in [0.29, 0.717) is 41.6 Å². The van der Waals surface area contributed by atoms with Gasteiger partial charge in [-0.2, -0.15) is 0 Å². The van der Waals surface area contributed by atoms with Crippen LogP contribution in [0.25, 0.3) is 0 Å². The zero-order valence-corrected chi connectivity index (χ0v) is 22.8. The number of fused-ring (bicyclic) bond motifs is 1. The number of likely N-dealkylation sites (N-methyl/N-ethyl adjacent to an activating group) is 1. The van der Waals surface area contributed by atoms with Crippen LogP contribution in [0, 0.1) is 0 Å². The molecule has 7 nitrogen and oxygen atoms in total. The molecule has 1 aliphatic carbocycles. The van der Waals surface area contributed by atoms with Gasteiger partial charge in [-0.25, -0.2) is 0 Å². The molecular formula is C28H32Cl2N2O5. The predicted molar refractivity (Wildman–Crippen MR) is 142 cm³/mol. The molecule has 2 aromatic carbocycles. The molecule has 4 rings (SSSR count). The average molecular weight is 547 g/mol. The monoisotopic (exact) mass is 546 g/mol. The van der Waals surface area contributed by atoms with Crippen LogP contribution in [0.5, 0.6) is 5.75 Å². The van der Waals surface area contributed by atoms with E-state index in [1.54, 1.807) is 24.3 Å². The summed E-state index contributed by atoms with van der Waals surface area (Å²) in [6.45, 7) is 4.18. The molecular weight excluding hydrogens is 515 g/mol. The fourth-order valence-corrected chi connectivity index (χ4v) is 6.37. The van der Waals surface area contributed by atoms with Gasteiger partial charge in [-0.15, -0.1) is 0 Å². The number of carbonyl (C=O) groups excluding carboxylic acids is 3. The Kier molecular flexibility index (Phi) is 8.17. The Morgan fingerprint density at radius 3 is 2.54 bits per heavy atom. The second-order valence-corrected chi connectivity index (χ2v) is 11.0. The molecule has 1 N–H and O–H groups in total. The summed E-state index contributed by atoms with van der Waals surface area (Å²) in [6.07, 6.45) is 2.75. The third-order valence-corrected chi connectivity index (χ3v) is 8.25. The van der Waals surface area contributed by atoms with E-state index in [4.69, 9.17) is 32.7 Å². The SMILES string of the molecule is CC(=O)Oc1cccc(C23CCN(C)CC2(OC(C)=O)CCC(NC(=O)Cc2ccc(Cl)c(Cl)c2)C3)c1. The number of benzene rings is 2. The van der Waals surface area contributed by atoms with E-state index in [9.17, 15) is 14.4 Å². The Labute approximate surface area is 227 Å². The minimum absolute atomic E-state index is 0.111. The summed E-state index contributed by atoms with van der Waals surface area (Å²) < 4.78 is 11.6. The molecule has 0 spiro atoms. The summed E-state index contributed by atoms with van der Waals surface area (Å²) >= 11 is 12.1. The number of hydrogen-bond acceptors (Lipinski definition) is 6. The zero-order chi connectivity index (χ0) is 26.8. The number of ether oxygens (including phenoxy) is 2. The number of piperidine rings is 1. The third-order valence-electron chi connectivity index (χ3n) is 7.51. The minimum Gasteiger partial charge on any atom is -0.457 e. The number of amides is 1. The molecule has 2 aliphatic rings. The van der Waals surface area contributed by atoms with Crippen molar-refractivity contribution in [3.63, 3.8) is 0 Å². The summed E-state index contributed by atoms with van der Waals surface area (Å²) in [5.41, 5.74) is 0.372. The van der Waals surface area contributed by atoms with Gasteiger partial charge in [-0.05, 0) is 74.7 Å². The van der Waals surface area contributed by atoms with Gasteiger partial charge >= 0.3 is 11.9 Å². The average Bonchev–Trinajstić information content (AvgIpc) is 2.81. The Balaban J connectivity index is 1.65. The maximum Gasteiger partial charge on any atom is 0.308 e. The van der Waals surface area contributed by atoms with Crippen LogP contribution in [-0.4, -0.2) is 54.5 Å². The van der Waals surface area contributed by atoms with E-state index in [2.05, 4.69) is 10.2 Å². The fourth-order valence-electron chi connectivity index (χ4n) is 6.05. The first-order chi connectivity index (χ1) is 17.5. The van der Waals surface area contributed by atoms with Crippen LogP contribution >= 0.6 is 23.2 Å². The predicted octanol–water partition coefficient (Wildman–Crippen LogP) is 4.71. The van der Waals surface area contributed by atoms with Gasteiger partial charge in [0.25, 0.3) is 0 Å². The first-order valence-corrected chi connectivity index (χ1v) is 13.2. The number of carbonyl (C=O) groups is 3. The topological polar surface area (TPSA) is 84.9 Å². The molecule has 1 amide bonds. The third kappa shape index (κ3) is 5.95. The van der Waals surface area contributed by atoms with E-state index >= 15 is 0 Å². The molecule has 1 heterocycles. The van der Waals surface area contributed by atoms with Crippen LogP contribution in [0.3, 0.4) is 0 Å². The minimum atomic E-state index is -0.772. The molecule has 1 saturated carbocycles. The molecule has 0 radical (unpaired) electrons. The molecule has 9 heteroatoms. The summed E-state index contributed by atoms with van der Waals surface area (Å²) in [4.78, 5) is 39.2. The number of hydrogen-bond donors (Lipinski definition) is 1. The molecule has 37 heavy (non-hydrogen) atoms. The Hall–Kier alpha value is -2.61. The summed E-state index contributed by atoms with van der Waals surface area (Å²) in [5.74, 6) is -0.404. The number of nitrogens with one attached hydrogen (secondary N) is 1. The molecule has 3 atom stereocenters. The Morgan fingerprint density at radius 1 is 1.05 bits per heavy atom. The first kappa shape index (κ1) is 27.4. The van der Waals surface area contributed by atoms with Crippen LogP contribution in [0.15, 0.2) is 42.5 Å². The van der Waals surface area contributed by atoms with Gasteiger partial charge < -0.3 is 19.7 Å². The van der Waals surface area contributed by atoms with E-state index in [1.807, 2.05) is 25.2 Å². The molecule has 0 aromatic heterocycles. The van der Waals surface area contributed by atoms with E-state index in [-0.39, 0.29) is 24.3 Å². The molecule has 3 unspecified atom stereocenters. The lowest BCUT2D eigenvalue weighted by Crippen LogP contribution is -2.68. The van der Waals surface area contributed by atoms with Crippen LogP contribution in [0.4, 0.5) is 0 Å². The van der Waals surface area contributed by atoms with Gasteiger partial charge in [-0.1, -0.05) is 41.4 Å². The van der Waals surface area contributed by atoms with Crippen molar-refractivity contribution in [1.82, 2.24) is 10.2 Å². The molecule has 1 aliphatic heterocycles. The second-order valence-electron chi connectivity index (χ2n) is 10.2. The van der Waals surface area contributed by atoms with Crippen molar-refractivity contribution >= 4 is 41.0 Å². The van der Waals surface area contributed by atoms with Crippen molar-refractivity contribution in [3.05, 3.63) is 63.6 Å². The van der Waals surface area contributed by atoms with Gasteiger partial charge in [0, 0.05) is 31.8 Å². The van der Waals surface area contributed by atoms with E-state index in [0.717, 1.165) is 24.1 Å². The largest absolute Gasteiger partial charge is 0.457 e. The molecule has 198 valence electrons. The van der Waals surface area contributed by atoms with Gasteiger partial charge in [0.2, 0.25) is 5.91 Å². The number of nitrogens with zero attached hydrogens (tertiary/aromatic N) is 1. The lowest BCUT2D eigenvalue weighted by atomic mass is 9.55. The highest BCUT2D eigenvalue weighted by Gasteiger charge is 2.60. The fraction of sp³-hybridized carbons (Fsp3) is 0.464. The van der Waals surface area contributed by atoms with Crippen molar-refractivity contribution in [3.8, 4) is 5.75 Å². The zero-order valence-electron chi connectivity index (χ0n) is 21.3. The van der Waals surface area contributed by atoms with E-state index < -0.39 is 17.0 Å². The number of halogens is 2. The van der Waals surface area contributed by atoms with Crippen LogP contribution < -0.4 is 10.1 Å². The van der Waals surface area contributed by atoms with Gasteiger partial charge in [-0.3, -0.25) is 14.4 Å². The highest BCUT2D eigenvalue weighted by molar-refractivity contribution is 6.42.